The second-order valence-corrected chi connectivity index (χ2v) is 5.13. The van der Waals surface area contributed by atoms with E-state index in [1.54, 1.807) is 10.6 Å². The van der Waals surface area contributed by atoms with Crippen molar-refractivity contribution in [2.45, 2.75) is 31.9 Å². The smallest absolute Gasteiger partial charge is 0.255 e. The lowest BCUT2D eigenvalue weighted by atomic mass is 9.95. The number of hydrogen-bond acceptors (Lipinski definition) is 5. The minimum Gasteiger partial charge on any atom is -0.376 e. The maximum atomic E-state index is 5.98. The van der Waals surface area contributed by atoms with Gasteiger partial charge in [-0.3, -0.25) is 0 Å². The zero-order chi connectivity index (χ0) is 12.8. The van der Waals surface area contributed by atoms with Crippen LogP contribution in [0.4, 0.5) is 5.82 Å². The van der Waals surface area contributed by atoms with Crippen molar-refractivity contribution in [1.82, 2.24) is 19.6 Å². The Morgan fingerprint density at radius 1 is 1.61 bits per heavy atom. The molecule has 2 unspecified atom stereocenters. The molecular weight excluding hydrogens is 254 g/mol. The average Bonchev–Trinajstić information content (AvgIpc) is 2.87. The third-order valence-corrected chi connectivity index (χ3v) is 3.71. The Hall–Kier alpha value is -1.40. The van der Waals surface area contributed by atoms with Crippen LogP contribution in [0.1, 0.15) is 20.3 Å². The van der Waals surface area contributed by atoms with Crippen molar-refractivity contribution in [3.05, 3.63) is 17.5 Å². The molecule has 1 N–H and O–H groups in total. The molecule has 2 aromatic rings. The van der Waals surface area contributed by atoms with E-state index in [9.17, 15) is 0 Å². The SMILES string of the molecule is CC1OCCC1(C)Nc1cc(Cl)nc2ncnn12. The first-order valence-electron chi connectivity index (χ1n) is 5.84. The van der Waals surface area contributed by atoms with Gasteiger partial charge in [0.1, 0.15) is 17.3 Å². The molecule has 0 bridgehead atoms. The minimum atomic E-state index is -0.135. The number of rotatable bonds is 2. The van der Waals surface area contributed by atoms with E-state index >= 15 is 0 Å². The Kier molecular flexibility index (Phi) is 2.64. The number of ether oxygens (including phenoxy) is 1. The van der Waals surface area contributed by atoms with E-state index in [2.05, 4.69) is 34.2 Å². The Morgan fingerprint density at radius 3 is 3.17 bits per heavy atom. The van der Waals surface area contributed by atoms with Gasteiger partial charge in [-0.25, -0.2) is 0 Å². The molecule has 0 aromatic carbocycles. The summed E-state index contributed by atoms with van der Waals surface area (Å²) >= 11 is 5.98. The summed E-state index contributed by atoms with van der Waals surface area (Å²) in [4.78, 5) is 8.14. The average molecular weight is 268 g/mol. The number of nitrogens with one attached hydrogen (secondary N) is 1. The van der Waals surface area contributed by atoms with Crippen LogP contribution < -0.4 is 5.32 Å². The maximum Gasteiger partial charge on any atom is 0.255 e. The third-order valence-electron chi connectivity index (χ3n) is 3.52. The van der Waals surface area contributed by atoms with Crippen molar-refractivity contribution < 1.29 is 4.74 Å². The van der Waals surface area contributed by atoms with Gasteiger partial charge in [0.15, 0.2) is 0 Å². The molecule has 2 atom stereocenters. The fourth-order valence-corrected chi connectivity index (χ4v) is 2.34. The molecule has 1 fully saturated rings. The lowest BCUT2D eigenvalue weighted by Gasteiger charge is -2.29. The molecule has 0 amide bonds. The lowest BCUT2D eigenvalue weighted by molar-refractivity contribution is 0.105. The first-order valence-corrected chi connectivity index (χ1v) is 6.22. The monoisotopic (exact) mass is 267 g/mol. The molecule has 1 saturated heterocycles. The van der Waals surface area contributed by atoms with Crippen LogP contribution >= 0.6 is 11.6 Å². The number of hydrogen-bond donors (Lipinski definition) is 1. The summed E-state index contributed by atoms with van der Waals surface area (Å²) in [7, 11) is 0. The normalized spacial score (nSPS) is 27.8. The van der Waals surface area contributed by atoms with Crippen molar-refractivity contribution in [3.63, 3.8) is 0 Å². The van der Waals surface area contributed by atoms with Crippen LogP contribution in [-0.4, -0.2) is 37.8 Å². The van der Waals surface area contributed by atoms with E-state index in [-0.39, 0.29) is 11.6 Å². The molecule has 1 aliphatic rings. The largest absolute Gasteiger partial charge is 0.376 e. The van der Waals surface area contributed by atoms with Gasteiger partial charge in [0.25, 0.3) is 5.78 Å². The third kappa shape index (κ3) is 1.81. The van der Waals surface area contributed by atoms with Crippen molar-refractivity contribution >= 4 is 23.2 Å². The van der Waals surface area contributed by atoms with E-state index in [0.717, 1.165) is 18.8 Å². The summed E-state index contributed by atoms with van der Waals surface area (Å²) in [6.45, 7) is 4.94. The Bertz CT molecular complexity index is 586. The number of nitrogens with zero attached hydrogens (tertiary/aromatic N) is 4. The second-order valence-electron chi connectivity index (χ2n) is 4.74. The van der Waals surface area contributed by atoms with E-state index in [1.165, 1.54) is 6.33 Å². The van der Waals surface area contributed by atoms with Crippen molar-refractivity contribution in [2.24, 2.45) is 0 Å². The Morgan fingerprint density at radius 2 is 2.44 bits per heavy atom. The molecule has 0 radical (unpaired) electrons. The molecule has 0 spiro atoms. The predicted octanol–water partition coefficient (Wildman–Crippen LogP) is 1.76. The van der Waals surface area contributed by atoms with E-state index in [0.29, 0.717) is 10.9 Å². The van der Waals surface area contributed by atoms with Gasteiger partial charge >= 0.3 is 0 Å². The summed E-state index contributed by atoms with van der Waals surface area (Å²) in [6.07, 6.45) is 2.52. The second kappa shape index (κ2) is 4.07. The molecule has 3 rings (SSSR count). The number of fused-ring (bicyclic) bond motifs is 1. The molecule has 2 aromatic heterocycles. The number of aromatic nitrogens is 4. The molecule has 0 saturated carbocycles. The van der Waals surface area contributed by atoms with E-state index in [4.69, 9.17) is 16.3 Å². The highest BCUT2D eigenvalue weighted by atomic mass is 35.5. The molecule has 3 heterocycles. The highest BCUT2D eigenvalue weighted by molar-refractivity contribution is 6.29. The molecule has 7 heteroatoms. The van der Waals surface area contributed by atoms with Gasteiger partial charge in [-0.05, 0) is 20.3 Å². The molecular formula is C11H14ClN5O. The summed E-state index contributed by atoms with van der Waals surface area (Å²) in [5.74, 6) is 1.27. The van der Waals surface area contributed by atoms with Crippen LogP contribution in [0.25, 0.3) is 5.78 Å². The van der Waals surface area contributed by atoms with Crippen LogP contribution in [0, 0.1) is 0 Å². The molecule has 96 valence electrons. The summed E-state index contributed by atoms with van der Waals surface area (Å²) < 4.78 is 7.25. The first-order chi connectivity index (χ1) is 8.58. The molecule has 1 aliphatic heterocycles. The van der Waals surface area contributed by atoms with Crippen molar-refractivity contribution in [1.29, 1.82) is 0 Å². The highest BCUT2D eigenvalue weighted by Crippen LogP contribution is 2.30. The highest BCUT2D eigenvalue weighted by Gasteiger charge is 2.37. The van der Waals surface area contributed by atoms with Crippen LogP contribution in [0.2, 0.25) is 5.15 Å². The van der Waals surface area contributed by atoms with E-state index < -0.39 is 0 Å². The van der Waals surface area contributed by atoms with Crippen LogP contribution in [0.15, 0.2) is 12.4 Å². The van der Waals surface area contributed by atoms with Gasteiger partial charge < -0.3 is 10.1 Å². The fourth-order valence-electron chi connectivity index (χ4n) is 2.16. The van der Waals surface area contributed by atoms with Crippen molar-refractivity contribution in [3.8, 4) is 0 Å². The van der Waals surface area contributed by atoms with Gasteiger partial charge in [0.05, 0.1) is 11.6 Å². The first kappa shape index (κ1) is 11.7. The molecule has 18 heavy (non-hydrogen) atoms. The van der Waals surface area contributed by atoms with Gasteiger partial charge in [0, 0.05) is 12.7 Å². The number of halogens is 1. The van der Waals surface area contributed by atoms with Gasteiger partial charge in [-0.2, -0.15) is 19.6 Å². The zero-order valence-corrected chi connectivity index (χ0v) is 11.0. The topological polar surface area (TPSA) is 64.3 Å². The van der Waals surface area contributed by atoms with Crippen LogP contribution in [0.5, 0.6) is 0 Å². The molecule has 6 nitrogen and oxygen atoms in total. The van der Waals surface area contributed by atoms with Crippen LogP contribution in [0.3, 0.4) is 0 Å². The Labute approximate surface area is 109 Å². The fraction of sp³-hybridized carbons (Fsp3) is 0.545. The maximum absolute atomic E-state index is 5.98. The van der Waals surface area contributed by atoms with Crippen LogP contribution in [-0.2, 0) is 4.74 Å². The standard InChI is InChI=1S/C11H14ClN5O/c1-7-11(2,3-4-18-7)16-9-5-8(12)15-10-13-6-14-17(9)10/h5-7,16H,3-4H2,1-2H3. The van der Waals surface area contributed by atoms with Gasteiger partial charge in [-0.15, -0.1) is 0 Å². The quantitative estimate of drug-likeness (QED) is 0.840. The zero-order valence-electron chi connectivity index (χ0n) is 10.2. The summed E-state index contributed by atoms with van der Waals surface area (Å²) in [5, 5.41) is 7.98. The lowest BCUT2D eigenvalue weighted by Crippen LogP contribution is -2.41. The molecule has 0 aliphatic carbocycles. The summed E-state index contributed by atoms with van der Waals surface area (Å²) in [5.41, 5.74) is -0.135. The Balaban J connectivity index is 2.01. The summed E-state index contributed by atoms with van der Waals surface area (Å²) in [6, 6.07) is 1.75. The van der Waals surface area contributed by atoms with E-state index in [1.807, 2.05) is 0 Å². The van der Waals surface area contributed by atoms with Gasteiger partial charge in [-0.1, -0.05) is 11.6 Å². The number of anilines is 1. The van der Waals surface area contributed by atoms with Crippen molar-refractivity contribution in [2.75, 3.05) is 11.9 Å². The minimum absolute atomic E-state index is 0.128. The predicted molar refractivity (Wildman–Crippen MR) is 67.9 cm³/mol. The van der Waals surface area contributed by atoms with Gasteiger partial charge in [0.2, 0.25) is 0 Å².